The van der Waals surface area contributed by atoms with Gasteiger partial charge in [0.25, 0.3) is 0 Å². The number of primary amides is 1. The van der Waals surface area contributed by atoms with Crippen molar-refractivity contribution in [2.24, 2.45) is 33.8 Å². The molecule has 0 bridgehead atoms. The maximum atomic E-state index is 12.6. The number of carboxylic acid groups (broad SMARTS) is 1. The first-order valence-corrected chi connectivity index (χ1v) is 10.5. The average Bonchev–Trinajstić information content (AvgIpc) is 2.72. The summed E-state index contributed by atoms with van der Waals surface area (Å²) >= 11 is 0. The number of carboxylic acids is 1. The highest BCUT2D eigenvalue weighted by Crippen LogP contribution is 2.06. The van der Waals surface area contributed by atoms with E-state index in [4.69, 9.17) is 22.9 Å². The number of hydrogen-bond donors (Lipinski definition) is 8. The van der Waals surface area contributed by atoms with Crippen LogP contribution in [0, 0.1) is 5.92 Å². The van der Waals surface area contributed by atoms with Gasteiger partial charge in [-0.2, -0.15) is 0 Å². The van der Waals surface area contributed by atoms with Crippen LogP contribution in [0.2, 0.25) is 0 Å². The summed E-state index contributed by atoms with van der Waals surface area (Å²) in [4.78, 5) is 63.8. The van der Waals surface area contributed by atoms with Crippen molar-refractivity contribution in [2.45, 2.75) is 70.6 Å². The van der Waals surface area contributed by atoms with E-state index in [0.717, 1.165) is 0 Å². The summed E-state index contributed by atoms with van der Waals surface area (Å²) in [5.41, 5.74) is 21.4. The van der Waals surface area contributed by atoms with Crippen molar-refractivity contribution in [3.05, 3.63) is 0 Å². The van der Waals surface area contributed by atoms with Gasteiger partial charge in [-0.15, -0.1) is 0 Å². The van der Waals surface area contributed by atoms with Gasteiger partial charge in [-0.25, -0.2) is 4.79 Å². The third kappa shape index (κ3) is 11.7. The number of amides is 4. The lowest BCUT2D eigenvalue weighted by Gasteiger charge is -2.24. The average molecular weight is 473 g/mol. The zero-order valence-corrected chi connectivity index (χ0v) is 19.2. The molecule has 188 valence electrons. The summed E-state index contributed by atoms with van der Waals surface area (Å²) in [6.07, 6.45) is 0.447. The number of nitrogens with two attached hydrogens (primary N) is 4. The van der Waals surface area contributed by atoms with Gasteiger partial charge in [-0.3, -0.25) is 24.2 Å². The third-order valence-electron chi connectivity index (χ3n) is 4.91. The molecule has 0 aromatic carbocycles. The second-order valence-corrected chi connectivity index (χ2v) is 7.72. The number of guanidine groups is 1. The highest BCUT2D eigenvalue weighted by Gasteiger charge is 2.30. The number of aliphatic imine (C=N–C) groups is 1. The predicted octanol–water partition coefficient (Wildman–Crippen LogP) is -3.15. The zero-order valence-electron chi connectivity index (χ0n) is 19.2. The standard InChI is InChI=1S/C19H36N8O6/c1-4-9(2)14(21)17(31)27-12(8-13(20)28)16(30)25-10(3)15(29)26-11(18(32)33)6-5-7-24-19(22)23/h9-12,14H,4-8,21H2,1-3H3,(H2,20,28)(H,25,30)(H,26,29)(H,27,31)(H,32,33)(H4,22,23,24). The molecule has 5 unspecified atom stereocenters. The first kappa shape index (κ1) is 29.6. The maximum Gasteiger partial charge on any atom is 0.326 e. The lowest BCUT2D eigenvalue weighted by molar-refractivity contribution is -0.142. The molecule has 0 heterocycles. The number of aliphatic carboxylic acids is 1. The van der Waals surface area contributed by atoms with Crippen LogP contribution in [0.1, 0.15) is 46.5 Å². The second kappa shape index (κ2) is 14.6. The molecule has 14 heteroatoms. The van der Waals surface area contributed by atoms with E-state index in [0.29, 0.717) is 12.8 Å². The number of carbonyl (C=O) groups is 5. The Kier molecular flexibility index (Phi) is 13.1. The third-order valence-corrected chi connectivity index (χ3v) is 4.91. The molecule has 0 spiro atoms. The molecule has 14 nitrogen and oxygen atoms in total. The highest BCUT2D eigenvalue weighted by molar-refractivity contribution is 5.96. The SMILES string of the molecule is CCC(C)C(N)C(=O)NC(CC(N)=O)C(=O)NC(C)C(=O)NC(CCCN=C(N)N)C(=O)O. The van der Waals surface area contributed by atoms with Gasteiger partial charge in [0.2, 0.25) is 23.6 Å². The van der Waals surface area contributed by atoms with E-state index in [9.17, 15) is 29.1 Å². The Morgan fingerprint density at radius 3 is 1.97 bits per heavy atom. The maximum absolute atomic E-state index is 12.6. The van der Waals surface area contributed by atoms with Gasteiger partial charge in [0.15, 0.2) is 5.96 Å². The minimum absolute atomic E-state index is 0.0480. The zero-order chi connectivity index (χ0) is 25.7. The van der Waals surface area contributed by atoms with Gasteiger partial charge >= 0.3 is 5.97 Å². The van der Waals surface area contributed by atoms with E-state index in [-0.39, 0.29) is 24.8 Å². The fourth-order valence-electron chi connectivity index (χ4n) is 2.63. The predicted molar refractivity (Wildman–Crippen MR) is 120 cm³/mol. The molecule has 0 rings (SSSR count). The lowest BCUT2D eigenvalue weighted by Crippen LogP contribution is -2.57. The van der Waals surface area contributed by atoms with E-state index in [2.05, 4.69) is 20.9 Å². The fraction of sp³-hybridized carbons (Fsp3) is 0.684. The van der Waals surface area contributed by atoms with Crippen LogP contribution in [-0.4, -0.2) is 71.4 Å². The molecule has 4 amide bonds. The van der Waals surface area contributed by atoms with Crippen LogP contribution in [0.15, 0.2) is 4.99 Å². The molecule has 0 saturated carbocycles. The van der Waals surface area contributed by atoms with E-state index in [1.807, 2.05) is 6.92 Å². The number of hydrogen-bond acceptors (Lipinski definition) is 7. The van der Waals surface area contributed by atoms with Crippen LogP contribution in [-0.2, 0) is 24.0 Å². The summed E-state index contributed by atoms with van der Waals surface area (Å²) in [7, 11) is 0. The molecule has 12 N–H and O–H groups in total. The van der Waals surface area contributed by atoms with Gasteiger partial charge in [-0.05, 0) is 25.7 Å². The minimum Gasteiger partial charge on any atom is -0.480 e. The molecular formula is C19H36N8O6. The highest BCUT2D eigenvalue weighted by atomic mass is 16.4. The van der Waals surface area contributed by atoms with E-state index >= 15 is 0 Å². The number of nitrogens with zero attached hydrogens (tertiary/aromatic N) is 1. The minimum atomic E-state index is -1.35. The molecule has 0 radical (unpaired) electrons. The van der Waals surface area contributed by atoms with Gasteiger partial charge < -0.3 is 44.0 Å². The van der Waals surface area contributed by atoms with Gasteiger partial charge in [0, 0.05) is 6.54 Å². The Labute approximate surface area is 192 Å². The monoisotopic (exact) mass is 472 g/mol. The molecule has 0 saturated heterocycles. The van der Waals surface area contributed by atoms with E-state index in [1.54, 1.807) is 6.92 Å². The first-order valence-electron chi connectivity index (χ1n) is 10.5. The van der Waals surface area contributed by atoms with Crippen LogP contribution in [0.3, 0.4) is 0 Å². The van der Waals surface area contributed by atoms with Crippen molar-refractivity contribution in [1.29, 1.82) is 0 Å². The molecule has 0 aromatic heterocycles. The van der Waals surface area contributed by atoms with Gasteiger partial charge in [-0.1, -0.05) is 20.3 Å². The van der Waals surface area contributed by atoms with Crippen molar-refractivity contribution >= 4 is 35.6 Å². The Morgan fingerprint density at radius 1 is 0.909 bits per heavy atom. The Bertz CT molecular complexity index is 740. The quantitative estimate of drug-likeness (QED) is 0.0678. The molecular weight excluding hydrogens is 436 g/mol. The van der Waals surface area contributed by atoms with Crippen molar-refractivity contribution < 1.29 is 29.1 Å². The summed E-state index contributed by atoms with van der Waals surface area (Å²) in [5, 5.41) is 16.3. The van der Waals surface area contributed by atoms with E-state index < -0.39 is 60.2 Å². The number of rotatable bonds is 15. The van der Waals surface area contributed by atoms with Gasteiger partial charge in [0.05, 0.1) is 12.5 Å². The van der Waals surface area contributed by atoms with Crippen molar-refractivity contribution in [3.8, 4) is 0 Å². The van der Waals surface area contributed by atoms with Crippen LogP contribution in [0.5, 0.6) is 0 Å². The molecule has 0 aliphatic heterocycles. The second-order valence-electron chi connectivity index (χ2n) is 7.72. The molecule has 5 atom stereocenters. The smallest absolute Gasteiger partial charge is 0.326 e. The summed E-state index contributed by atoms with van der Waals surface area (Å²) < 4.78 is 0. The number of nitrogens with one attached hydrogen (secondary N) is 3. The topological polar surface area (TPSA) is 258 Å². The molecule has 0 fully saturated rings. The normalized spacial score (nSPS) is 15.2. The van der Waals surface area contributed by atoms with Crippen LogP contribution in [0.25, 0.3) is 0 Å². The van der Waals surface area contributed by atoms with Crippen molar-refractivity contribution in [3.63, 3.8) is 0 Å². The Morgan fingerprint density at radius 2 is 1.48 bits per heavy atom. The molecule has 33 heavy (non-hydrogen) atoms. The largest absolute Gasteiger partial charge is 0.480 e. The summed E-state index contributed by atoms with van der Waals surface area (Å²) in [6.45, 7) is 5.11. The Hall–Kier alpha value is -3.42. The van der Waals surface area contributed by atoms with Crippen LogP contribution in [0.4, 0.5) is 0 Å². The van der Waals surface area contributed by atoms with E-state index in [1.165, 1.54) is 6.92 Å². The molecule has 0 aliphatic carbocycles. The van der Waals surface area contributed by atoms with Crippen molar-refractivity contribution in [2.75, 3.05) is 6.54 Å². The summed E-state index contributed by atoms with van der Waals surface area (Å²) in [6, 6.07) is -4.67. The lowest BCUT2D eigenvalue weighted by atomic mass is 9.99. The van der Waals surface area contributed by atoms with Crippen LogP contribution >= 0.6 is 0 Å². The van der Waals surface area contributed by atoms with Crippen molar-refractivity contribution in [1.82, 2.24) is 16.0 Å². The summed E-state index contributed by atoms with van der Waals surface area (Å²) in [5.74, 6) is -4.70. The first-order chi connectivity index (χ1) is 15.3. The Balaban J connectivity index is 5.07. The van der Waals surface area contributed by atoms with Crippen LogP contribution < -0.4 is 38.9 Å². The van der Waals surface area contributed by atoms with Gasteiger partial charge in [0.1, 0.15) is 18.1 Å². The number of carbonyl (C=O) groups excluding carboxylic acids is 4. The fourth-order valence-corrected chi connectivity index (χ4v) is 2.63. The molecule has 0 aromatic rings. The molecule has 0 aliphatic rings.